The first-order chi connectivity index (χ1) is 18.3. The van der Waals surface area contributed by atoms with Crippen molar-refractivity contribution < 1.29 is 13.9 Å². The zero-order valence-electron chi connectivity index (χ0n) is 20.9. The Morgan fingerprint density at radius 2 is 1.76 bits per heavy atom. The summed E-state index contributed by atoms with van der Waals surface area (Å²) in [5.74, 6) is 4.22. The lowest BCUT2D eigenvalue weighted by atomic mass is 9.95. The van der Waals surface area contributed by atoms with E-state index in [9.17, 15) is 9.50 Å². The zero-order valence-corrected chi connectivity index (χ0v) is 20.9. The van der Waals surface area contributed by atoms with E-state index in [4.69, 9.17) is 17.8 Å². The number of hydrogen-bond donors (Lipinski definition) is 2. The lowest BCUT2D eigenvalue weighted by Gasteiger charge is -2.34. The van der Waals surface area contributed by atoms with Gasteiger partial charge in [0, 0.05) is 50.2 Å². The van der Waals surface area contributed by atoms with Gasteiger partial charge in [-0.3, -0.25) is 0 Å². The Labute approximate surface area is 218 Å². The quantitative estimate of drug-likeness (QED) is 0.406. The molecule has 190 valence electrons. The minimum atomic E-state index is -0.761. The number of halogens is 2. The van der Waals surface area contributed by atoms with Gasteiger partial charge in [-0.2, -0.15) is 4.98 Å². The van der Waals surface area contributed by atoms with Crippen LogP contribution in [-0.2, 0) is 0 Å². The van der Waals surface area contributed by atoms with Gasteiger partial charge in [0.2, 0.25) is 5.95 Å². The number of benzene rings is 2. The first-order valence-corrected chi connectivity index (χ1v) is 12.3. The molecule has 2 bridgehead atoms. The van der Waals surface area contributed by atoms with Crippen molar-refractivity contribution in [3.8, 4) is 41.7 Å². The van der Waals surface area contributed by atoms with Crippen LogP contribution in [0.25, 0.3) is 32.9 Å². The van der Waals surface area contributed by atoms with E-state index < -0.39 is 11.6 Å². The Hall–Kier alpha value is -4.47. The Kier molecular flexibility index (Phi) is 5.55. The third kappa shape index (κ3) is 3.67. The molecule has 6 rings (SSSR count). The second-order valence-electron chi connectivity index (χ2n) is 9.93. The molecule has 0 aliphatic carbocycles. The van der Waals surface area contributed by atoms with Crippen LogP contribution in [0.3, 0.4) is 0 Å². The van der Waals surface area contributed by atoms with Crippen molar-refractivity contribution in [2.45, 2.75) is 24.9 Å². The number of aromatic nitrogens is 3. The number of piperazine rings is 1. The fourth-order valence-corrected chi connectivity index (χ4v) is 5.58. The van der Waals surface area contributed by atoms with Crippen molar-refractivity contribution in [3.05, 3.63) is 47.2 Å². The van der Waals surface area contributed by atoms with Gasteiger partial charge in [0.05, 0.1) is 10.9 Å². The summed E-state index contributed by atoms with van der Waals surface area (Å²) in [5.41, 5.74) is 0.0310. The molecule has 2 saturated heterocycles. The van der Waals surface area contributed by atoms with Crippen molar-refractivity contribution in [1.29, 1.82) is 0 Å². The minimum Gasteiger partial charge on any atom is -0.508 e. The van der Waals surface area contributed by atoms with Crippen molar-refractivity contribution in [2.75, 3.05) is 37.0 Å². The fraction of sp³-hybridized carbons (Fsp3) is 0.276. The third-order valence-electron chi connectivity index (χ3n) is 7.26. The van der Waals surface area contributed by atoms with Gasteiger partial charge >= 0.3 is 0 Å². The number of phenols is 1. The van der Waals surface area contributed by atoms with Crippen LogP contribution in [0, 0.1) is 36.3 Å². The molecule has 7 nitrogen and oxygen atoms in total. The molecule has 4 heterocycles. The van der Waals surface area contributed by atoms with Crippen LogP contribution >= 0.6 is 0 Å². The first kappa shape index (κ1) is 23.9. The largest absolute Gasteiger partial charge is 0.508 e. The summed E-state index contributed by atoms with van der Waals surface area (Å²) in [7, 11) is 3.55. The van der Waals surface area contributed by atoms with E-state index >= 15 is 4.39 Å². The molecule has 2 aliphatic heterocycles. The maximum Gasteiger partial charge on any atom is 0.227 e. The highest BCUT2D eigenvalue weighted by atomic mass is 19.1. The smallest absolute Gasteiger partial charge is 0.227 e. The van der Waals surface area contributed by atoms with Crippen molar-refractivity contribution in [3.63, 3.8) is 0 Å². The molecule has 2 aliphatic rings. The fourth-order valence-electron chi connectivity index (χ4n) is 5.58. The van der Waals surface area contributed by atoms with Gasteiger partial charge in [-0.15, -0.1) is 12.8 Å². The number of nitrogens with one attached hydrogen (secondary N) is 1. The highest BCUT2D eigenvalue weighted by Crippen LogP contribution is 2.40. The molecule has 38 heavy (non-hydrogen) atoms. The van der Waals surface area contributed by atoms with E-state index in [2.05, 4.69) is 32.0 Å². The van der Waals surface area contributed by atoms with Crippen LogP contribution < -0.4 is 15.1 Å². The SMILES string of the molecule is C#Cc1c(F)ccc2cc(O)cc(-c3nc(C#C)c4c(N5CC6CCC(C5)N6)nc(N(C)C)nc4c3F)c12. The van der Waals surface area contributed by atoms with E-state index in [1.165, 1.54) is 24.3 Å². The second kappa shape index (κ2) is 8.83. The number of pyridine rings is 1. The topological polar surface area (TPSA) is 77.4 Å². The van der Waals surface area contributed by atoms with Gasteiger partial charge in [-0.25, -0.2) is 18.7 Å². The predicted octanol–water partition coefficient (Wildman–Crippen LogP) is 3.80. The van der Waals surface area contributed by atoms with Crippen LogP contribution in [0.1, 0.15) is 24.1 Å². The number of terminal acetylenes is 2. The van der Waals surface area contributed by atoms with Gasteiger partial charge in [-0.1, -0.05) is 12.0 Å². The van der Waals surface area contributed by atoms with Gasteiger partial charge in [0.15, 0.2) is 5.82 Å². The summed E-state index contributed by atoms with van der Waals surface area (Å²) in [6.45, 7) is 1.40. The summed E-state index contributed by atoms with van der Waals surface area (Å²) in [6, 6.07) is 6.04. The zero-order chi connectivity index (χ0) is 26.7. The second-order valence-corrected chi connectivity index (χ2v) is 9.93. The Bertz CT molecular complexity index is 1710. The molecule has 2 fully saturated rings. The van der Waals surface area contributed by atoms with E-state index in [-0.39, 0.29) is 39.2 Å². The summed E-state index contributed by atoms with van der Waals surface area (Å²) >= 11 is 0. The molecule has 0 spiro atoms. The van der Waals surface area contributed by atoms with Crippen LogP contribution in [0.2, 0.25) is 0 Å². The maximum atomic E-state index is 16.5. The molecule has 2 unspecified atom stereocenters. The third-order valence-corrected chi connectivity index (χ3v) is 7.26. The van der Waals surface area contributed by atoms with E-state index in [0.717, 1.165) is 12.8 Å². The Morgan fingerprint density at radius 1 is 1.03 bits per heavy atom. The summed E-state index contributed by atoms with van der Waals surface area (Å²) in [4.78, 5) is 17.6. The maximum absolute atomic E-state index is 16.5. The van der Waals surface area contributed by atoms with Gasteiger partial charge in [-0.05, 0) is 42.3 Å². The Morgan fingerprint density at radius 3 is 2.42 bits per heavy atom. The molecule has 2 aromatic carbocycles. The van der Waals surface area contributed by atoms with Crippen LogP contribution in [0.5, 0.6) is 5.75 Å². The number of fused-ring (bicyclic) bond motifs is 4. The highest BCUT2D eigenvalue weighted by Gasteiger charge is 2.35. The molecule has 2 N–H and O–H groups in total. The monoisotopic (exact) mass is 510 g/mol. The number of aromatic hydroxyl groups is 1. The van der Waals surface area contributed by atoms with Gasteiger partial charge < -0.3 is 20.2 Å². The molecule has 2 aromatic heterocycles. The number of rotatable bonds is 3. The predicted molar refractivity (Wildman–Crippen MR) is 144 cm³/mol. The Balaban J connectivity index is 1.68. The number of hydrogen-bond acceptors (Lipinski definition) is 7. The van der Waals surface area contributed by atoms with Crippen LogP contribution in [0.15, 0.2) is 24.3 Å². The number of phenolic OH excluding ortho intramolecular Hbond substituents is 1. The molecule has 4 aromatic rings. The molecule has 0 saturated carbocycles. The van der Waals surface area contributed by atoms with Crippen molar-refractivity contribution in [2.24, 2.45) is 0 Å². The van der Waals surface area contributed by atoms with Crippen molar-refractivity contribution >= 4 is 33.4 Å². The average Bonchev–Trinajstić information content (AvgIpc) is 3.25. The summed E-state index contributed by atoms with van der Waals surface area (Å²) < 4.78 is 31.2. The van der Waals surface area contributed by atoms with E-state index in [1.54, 1.807) is 19.0 Å². The lowest BCUT2D eigenvalue weighted by Crippen LogP contribution is -2.51. The van der Waals surface area contributed by atoms with Gasteiger partial charge in [0.1, 0.15) is 34.3 Å². The molecule has 0 radical (unpaired) electrons. The first-order valence-electron chi connectivity index (χ1n) is 12.3. The number of anilines is 2. The number of nitrogens with zero attached hydrogens (tertiary/aromatic N) is 5. The molecule has 2 atom stereocenters. The normalized spacial score (nSPS) is 18.5. The highest BCUT2D eigenvalue weighted by molar-refractivity contribution is 6.04. The van der Waals surface area contributed by atoms with Crippen LogP contribution in [-0.4, -0.2) is 59.3 Å². The summed E-state index contributed by atoms with van der Waals surface area (Å²) in [6.07, 6.45) is 13.7. The van der Waals surface area contributed by atoms with Crippen molar-refractivity contribution in [1.82, 2.24) is 20.3 Å². The minimum absolute atomic E-state index is 0.00215. The molecule has 0 amide bonds. The van der Waals surface area contributed by atoms with Gasteiger partial charge in [0.25, 0.3) is 0 Å². The van der Waals surface area contributed by atoms with E-state index in [1.807, 2.05) is 0 Å². The molecule has 9 heteroatoms. The molecular weight excluding hydrogens is 486 g/mol. The van der Waals surface area contributed by atoms with E-state index in [0.29, 0.717) is 47.7 Å². The average molecular weight is 511 g/mol. The summed E-state index contributed by atoms with van der Waals surface area (Å²) in [5, 5.41) is 15.1. The lowest BCUT2D eigenvalue weighted by molar-refractivity contribution is 0.464. The molecular formula is C29H24F2N6O. The standard InChI is InChI=1S/C29H24F2N6O/c1-5-19-21(30)10-7-15-11-18(38)12-20(23(15)19)26-25(31)27-24(22(6-2)33-26)28(35-29(34-27)36(3)4)37-13-16-8-9-17(14-37)32-16/h1-2,7,10-12,16-17,32,38H,8-9,13-14H2,3-4H3. The van der Waals surface area contributed by atoms with Crippen LogP contribution in [0.4, 0.5) is 20.5 Å².